The molecule has 2 aliphatic rings. The number of amides is 1. The third-order valence-corrected chi connectivity index (χ3v) is 4.98. The van der Waals surface area contributed by atoms with Crippen LogP contribution >= 0.6 is 0 Å². The van der Waals surface area contributed by atoms with Crippen molar-refractivity contribution >= 4 is 17.5 Å². The topological polar surface area (TPSA) is 76.8 Å². The molecule has 2 saturated heterocycles. The van der Waals surface area contributed by atoms with E-state index in [0.29, 0.717) is 12.0 Å². The molecule has 2 fully saturated rings. The summed E-state index contributed by atoms with van der Waals surface area (Å²) in [5, 5.41) is 3.51. The third-order valence-electron chi connectivity index (χ3n) is 4.98. The van der Waals surface area contributed by atoms with Gasteiger partial charge in [0.05, 0.1) is 24.0 Å². The van der Waals surface area contributed by atoms with Gasteiger partial charge in [-0.05, 0) is 63.6 Å². The number of nitrogens with zero attached hydrogens (tertiary/aromatic N) is 1. The van der Waals surface area contributed by atoms with E-state index in [0.717, 1.165) is 56.9 Å². The number of hydrogen-bond donors (Lipinski definition) is 2. The average molecular weight is 361 g/mol. The summed E-state index contributed by atoms with van der Waals surface area (Å²) in [5.74, 6) is 0.440. The molecule has 1 aromatic carbocycles. The Morgan fingerprint density at radius 2 is 2.00 bits per heavy atom. The normalized spacial score (nSPS) is 21.7. The number of benzene rings is 1. The van der Waals surface area contributed by atoms with Crippen molar-refractivity contribution in [1.29, 1.82) is 0 Å². The molecule has 0 aliphatic carbocycles. The van der Waals surface area contributed by atoms with E-state index in [2.05, 4.69) is 17.4 Å². The molecule has 0 unspecified atom stereocenters. The van der Waals surface area contributed by atoms with E-state index in [1.165, 1.54) is 5.56 Å². The number of hydrogen-bond acceptors (Lipinski definition) is 5. The monoisotopic (exact) mass is 361 g/mol. The molecule has 2 heterocycles. The summed E-state index contributed by atoms with van der Waals surface area (Å²) in [4.78, 5) is 14.0. The van der Waals surface area contributed by atoms with Gasteiger partial charge < -0.3 is 25.4 Å². The van der Waals surface area contributed by atoms with Crippen LogP contribution in [0.2, 0.25) is 0 Å². The van der Waals surface area contributed by atoms with E-state index in [1.807, 2.05) is 31.7 Å². The minimum absolute atomic E-state index is 0.211. The van der Waals surface area contributed by atoms with Gasteiger partial charge in [-0.25, -0.2) is 4.79 Å². The Hall–Kier alpha value is -1.95. The number of carbonyl (C=O) groups excluding carboxylic acids is 1. The Bertz CT molecular complexity index is 628. The number of anilines is 2. The second-order valence-electron chi connectivity index (χ2n) is 8.29. The van der Waals surface area contributed by atoms with Crippen LogP contribution in [0.4, 0.5) is 16.2 Å². The van der Waals surface area contributed by atoms with Gasteiger partial charge in [-0.2, -0.15) is 0 Å². The molecule has 144 valence electrons. The Morgan fingerprint density at radius 3 is 2.62 bits per heavy atom. The molecule has 26 heavy (non-hydrogen) atoms. The Morgan fingerprint density at radius 1 is 1.27 bits per heavy atom. The van der Waals surface area contributed by atoms with Crippen molar-refractivity contribution < 1.29 is 14.3 Å². The van der Waals surface area contributed by atoms with E-state index < -0.39 is 5.60 Å². The van der Waals surface area contributed by atoms with E-state index >= 15 is 0 Å². The number of carbonyl (C=O) groups is 1. The quantitative estimate of drug-likeness (QED) is 0.805. The smallest absolute Gasteiger partial charge is 0.410 e. The average Bonchev–Trinajstić information content (AvgIpc) is 3.08. The van der Waals surface area contributed by atoms with Crippen LogP contribution in [0, 0.1) is 0 Å². The van der Waals surface area contributed by atoms with Crippen molar-refractivity contribution in [3.63, 3.8) is 0 Å². The lowest BCUT2D eigenvalue weighted by atomic mass is 9.89. The van der Waals surface area contributed by atoms with Crippen LogP contribution in [0.25, 0.3) is 0 Å². The van der Waals surface area contributed by atoms with Crippen molar-refractivity contribution in [3.8, 4) is 0 Å². The van der Waals surface area contributed by atoms with Crippen molar-refractivity contribution in [2.24, 2.45) is 0 Å². The summed E-state index contributed by atoms with van der Waals surface area (Å²) in [6.07, 6.45) is 2.68. The zero-order chi connectivity index (χ0) is 18.7. The first-order valence-electron chi connectivity index (χ1n) is 9.53. The summed E-state index contributed by atoms with van der Waals surface area (Å²) >= 11 is 0. The standard InChI is InChI=1S/C20H31N3O3/c1-20(2,3)26-19(24)23-9-6-14(7-10-23)15-4-5-17(21)18(12-15)22-16-8-11-25-13-16/h4-5,12,14,16,22H,6-11,13,21H2,1-3H3/t16-/m0/s1. The number of ether oxygens (including phenoxy) is 2. The van der Waals surface area contributed by atoms with Gasteiger partial charge in [0.15, 0.2) is 0 Å². The molecule has 3 N–H and O–H groups in total. The Labute approximate surface area is 156 Å². The van der Waals surface area contributed by atoms with E-state index in [-0.39, 0.29) is 6.09 Å². The highest BCUT2D eigenvalue weighted by Crippen LogP contribution is 2.32. The van der Waals surface area contributed by atoms with Gasteiger partial charge in [0.2, 0.25) is 0 Å². The molecule has 1 amide bonds. The first kappa shape index (κ1) is 18.8. The second-order valence-corrected chi connectivity index (χ2v) is 8.29. The van der Waals surface area contributed by atoms with Crippen molar-refractivity contribution in [1.82, 2.24) is 4.90 Å². The zero-order valence-corrected chi connectivity index (χ0v) is 16.1. The number of piperidine rings is 1. The maximum absolute atomic E-state index is 12.2. The van der Waals surface area contributed by atoms with Gasteiger partial charge in [-0.1, -0.05) is 6.07 Å². The van der Waals surface area contributed by atoms with Crippen molar-refractivity contribution in [2.75, 3.05) is 37.4 Å². The number of nitrogens with two attached hydrogens (primary N) is 1. The van der Waals surface area contributed by atoms with Crippen LogP contribution in [0.5, 0.6) is 0 Å². The van der Waals surface area contributed by atoms with Gasteiger partial charge in [0, 0.05) is 19.7 Å². The molecule has 0 bridgehead atoms. The molecule has 1 atom stereocenters. The molecule has 0 spiro atoms. The van der Waals surface area contributed by atoms with Gasteiger partial charge in [-0.15, -0.1) is 0 Å². The van der Waals surface area contributed by atoms with Crippen LogP contribution in [-0.4, -0.2) is 48.9 Å². The number of nitrogens with one attached hydrogen (secondary N) is 1. The van der Waals surface area contributed by atoms with Crippen molar-refractivity contribution in [2.45, 2.75) is 57.6 Å². The molecule has 6 heteroatoms. The molecule has 0 aromatic heterocycles. The largest absolute Gasteiger partial charge is 0.444 e. The van der Waals surface area contributed by atoms with Gasteiger partial charge >= 0.3 is 6.09 Å². The fourth-order valence-electron chi connectivity index (χ4n) is 3.54. The third kappa shape index (κ3) is 4.81. The molecule has 2 aliphatic heterocycles. The predicted molar refractivity (Wildman–Crippen MR) is 103 cm³/mol. The summed E-state index contributed by atoms with van der Waals surface area (Å²) < 4.78 is 10.9. The van der Waals surface area contributed by atoms with E-state index in [4.69, 9.17) is 15.2 Å². The highest BCUT2D eigenvalue weighted by atomic mass is 16.6. The minimum Gasteiger partial charge on any atom is -0.444 e. The first-order chi connectivity index (χ1) is 12.3. The molecule has 6 nitrogen and oxygen atoms in total. The lowest BCUT2D eigenvalue weighted by molar-refractivity contribution is 0.0205. The summed E-state index contributed by atoms with van der Waals surface area (Å²) in [6.45, 7) is 8.69. The van der Waals surface area contributed by atoms with Gasteiger partial charge in [-0.3, -0.25) is 0 Å². The molecule has 3 rings (SSSR count). The van der Waals surface area contributed by atoms with Gasteiger partial charge in [0.1, 0.15) is 5.60 Å². The second kappa shape index (κ2) is 7.74. The zero-order valence-electron chi connectivity index (χ0n) is 16.1. The summed E-state index contributed by atoms with van der Waals surface area (Å²) in [6, 6.07) is 6.59. The summed E-state index contributed by atoms with van der Waals surface area (Å²) in [7, 11) is 0. The van der Waals surface area contributed by atoms with Crippen LogP contribution in [0.3, 0.4) is 0 Å². The highest BCUT2D eigenvalue weighted by molar-refractivity contribution is 5.69. The lowest BCUT2D eigenvalue weighted by Crippen LogP contribution is -2.41. The fourth-order valence-corrected chi connectivity index (χ4v) is 3.54. The highest BCUT2D eigenvalue weighted by Gasteiger charge is 2.28. The van der Waals surface area contributed by atoms with Gasteiger partial charge in [0.25, 0.3) is 0 Å². The van der Waals surface area contributed by atoms with Crippen molar-refractivity contribution in [3.05, 3.63) is 23.8 Å². The molecular weight excluding hydrogens is 330 g/mol. The minimum atomic E-state index is -0.449. The fraction of sp³-hybridized carbons (Fsp3) is 0.650. The molecule has 0 radical (unpaired) electrons. The van der Waals surface area contributed by atoms with Crippen LogP contribution in [0.15, 0.2) is 18.2 Å². The molecule has 1 aromatic rings. The van der Waals surface area contributed by atoms with Crippen LogP contribution in [-0.2, 0) is 9.47 Å². The molecular formula is C20H31N3O3. The SMILES string of the molecule is CC(C)(C)OC(=O)N1CCC(c2ccc(N)c(N[C@H]3CCOC3)c2)CC1. The lowest BCUT2D eigenvalue weighted by Gasteiger charge is -2.33. The van der Waals surface area contributed by atoms with Crippen LogP contribution < -0.4 is 11.1 Å². The number of nitrogen functional groups attached to an aromatic ring is 1. The van der Waals surface area contributed by atoms with E-state index in [1.54, 1.807) is 0 Å². The summed E-state index contributed by atoms with van der Waals surface area (Å²) in [5.41, 5.74) is 8.74. The number of likely N-dealkylation sites (tertiary alicyclic amines) is 1. The van der Waals surface area contributed by atoms with Crippen LogP contribution in [0.1, 0.15) is 51.5 Å². The Kier molecular flexibility index (Phi) is 5.61. The maximum Gasteiger partial charge on any atom is 0.410 e. The maximum atomic E-state index is 12.2. The first-order valence-corrected chi connectivity index (χ1v) is 9.53. The molecule has 0 saturated carbocycles. The predicted octanol–water partition coefficient (Wildman–Crippen LogP) is 3.58. The Balaban J connectivity index is 1.59. The number of rotatable bonds is 3. The van der Waals surface area contributed by atoms with E-state index in [9.17, 15) is 4.79 Å².